The molecule has 4 aromatic rings. The van der Waals surface area contributed by atoms with Gasteiger partial charge in [-0.1, -0.05) is 35.9 Å². The van der Waals surface area contributed by atoms with Crippen LogP contribution in [0.5, 0.6) is 0 Å². The van der Waals surface area contributed by atoms with E-state index in [1.165, 1.54) is 28.3 Å². The van der Waals surface area contributed by atoms with Crippen LogP contribution in [0.3, 0.4) is 0 Å². The standard InChI is InChI=1S/C24H21F2N3O2S/c1-14-3-5-16(6-4-14)19-12-32-23-22(19)24(31)29(13-27-23)10-9-21(30)28-15(2)18-8-7-17(25)11-20(18)26/h3-8,11-13,15H,9-10H2,1-2H3,(H,28,30)/t15-/m0/s1. The number of carbonyl (C=O) groups excluding carboxylic acids is 1. The average Bonchev–Trinajstić information content (AvgIpc) is 3.18. The molecule has 32 heavy (non-hydrogen) atoms. The number of hydrogen-bond acceptors (Lipinski definition) is 4. The van der Waals surface area contributed by atoms with Gasteiger partial charge in [0.15, 0.2) is 0 Å². The van der Waals surface area contributed by atoms with Crippen molar-refractivity contribution in [2.75, 3.05) is 0 Å². The molecular formula is C24H21F2N3O2S. The molecule has 0 spiro atoms. The Bertz CT molecular complexity index is 1350. The molecule has 0 radical (unpaired) electrons. The molecule has 0 bridgehead atoms. The summed E-state index contributed by atoms with van der Waals surface area (Å²) >= 11 is 1.40. The number of nitrogens with zero attached hydrogens (tertiary/aromatic N) is 2. The molecule has 4 rings (SSSR count). The van der Waals surface area contributed by atoms with Crippen LogP contribution in [0.25, 0.3) is 21.3 Å². The fourth-order valence-corrected chi connectivity index (χ4v) is 4.45. The minimum atomic E-state index is -0.718. The third-order valence-electron chi connectivity index (χ3n) is 5.31. The van der Waals surface area contributed by atoms with E-state index in [-0.39, 0.29) is 30.0 Å². The zero-order valence-corrected chi connectivity index (χ0v) is 18.4. The van der Waals surface area contributed by atoms with Crippen LogP contribution in [-0.2, 0) is 11.3 Å². The second-order valence-electron chi connectivity index (χ2n) is 7.64. The van der Waals surface area contributed by atoms with Crippen molar-refractivity contribution in [2.45, 2.75) is 32.9 Å². The molecule has 0 saturated carbocycles. The highest BCUT2D eigenvalue weighted by Crippen LogP contribution is 2.30. The third kappa shape index (κ3) is 4.45. The second-order valence-corrected chi connectivity index (χ2v) is 8.50. The lowest BCUT2D eigenvalue weighted by atomic mass is 10.1. The van der Waals surface area contributed by atoms with Gasteiger partial charge in [-0.05, 0) is 25.5 Å². The van der Waals surface area contributed by atoms with Crippen LogP contribution in [0.4, 0.5) is 8.78 Å². The summed E-state index contributed by atoms with van der Waals surface area (Å²) in [5.74, 6) is -1.74. The van der Waals surface area contributed by atoms with Gasteiger partial charge >= 0.3 is 0 Å². The number of aryl methyl sites for hydroxylation is 2. The lowest BCUT2D eigenvalue weighted by Crippen LogP contribution is -2.30. The van der Waals surface area contributed by atoms with Crippen LogP contribution in [0, 0.1) is 18.6 Å². The number of nitrogens with one attached hydrogen (secondary N) is 1. The van der Waals surface area contributed by atoms with Gasteiger partial charge in [0, 0.05) is 35.5 Å². The quantitative estimate of drug-likeness (QED) is 0.448. The number of aromatic nitrogens is 2. The average molecular weight is 454 g/mol. The molecule has 1 atom stereocenters. The molecule has 2 aromatic heterocycles. The smallest absolute Gasteiger partial charge is 0.262 e. The van der Waals surface area contributed by atoms with Gasteiger partial charge < -0.3 is 5.32 Å². The summed E-state index contributed by atoms with van der Waals surface area (Å²) in [5.41, 5.74) is 2.87. The SMILES string of the molecule is Cc1ccc(-c2csc3ncn(CCC(=O)N[C@@H](C)c4ccc(F)cc4F)c(=O)c23)cc1. The Hall–Kier alpha value is -3.39. The molecule has 0 aliphatic carbocycles. The maximum Gasteiger partial charge on any atom is 0.262 e. The Balaban J connectivity index is 1.50. The van der Waals surface area contributed by atoms with E-state index in [0.29, 0.717) is 10.2 Å². The van der Waals surface area contributed by atoms with Crippen molar-refractivity contribution in [2.24, 2.45) is 0 Å². The molecule has 164 valence electrons. The Morgan fingerprint density at radius 3 is 2.66 bits per heavy atom. The first-order chi connectivity index (χ1) is 15.3. The molecule has 0 unspecified atom stereocenters. The molecule has 0 saturated heterocycles. The van der Waals surface area contributed by atoms with E-state index in [0.717, 1.165) is 28.8 Å². The number of thiophene rings is 1. The van der Waals surface area contributed by atoms with Crippen molar-refractivity contribution in [1.82, 2.24) is 14.9 Å². The Kier molecular flexibility index (Phi) is 6.14. The fourth-order valence-electron chi connectivity index (χ4n) is 3.54. The number of halogens is 2. The number of benzene rings is 2. The van der Waals surface area contributed by atoms with Gasteiger partial charge in [0.05, 0.1) is 17.8 Å². The molecular weight excluding hydrogens is 432 g/mol. The topological polar surface area (TPSA) is 64.0 Å². The molecule has 0 aliphatic rings. The number of amides is 1. The summed E-state index contributed by atoms with van der Waals surface area (Å²) in [6.45, 7) is 3.75. The molecule has 0 aliphatic heterocycles. The second kappa shape index (κ2) is 9.00. The molecule has 1 N–H and O–H groups in total. The predicted octanol–water partition coefficient (Wildman–Crippen LogP) is 4.98. The molecule has 2 aromatic carbocycles. The summed E-state index contributed by atoms with van der Waals surface area (Å²) < 4.78 is 28.4. The van der Waals surface area contributed by atoms with E-state index >= 15 is 0 Å². The zero-order chi connectivity index (χ0) is 22.8. The van der Waals surface area contributed by atoms with Crippen LogP contribution in [0.15, 0.2) is 59.0 Å². The highest BCUT2D eigenvalue weighted by Gasteiger charge is 2.16. The van der Waals surface area contributed by atoms with Gasteiger partial charge in [-0.25, -0.2) is 13.8 Å². The van der Waals surface area contributed by atoms with Crippen LogP contribution in [0.2, 0.25) is 0 Å². The number of hydrogen-bond donors (Lipinski definition) is 1. The Morgan fingerprint density at radius 2 is 1.94 bits per heavy atom. The molecule has 2 heterocycles. The lowest BCUT2D eigenvalue weighted by molar-refractivity contribution is -0.122. The first kappa shape index (κ1) is 21.8. The maximum atomic E-state index is 13.9. The molecule has 8 heteroatoms. The monoisotopic (exact) mass is 453 g/mol. The van der Waals surface area contributed by atoms with Crippen LogP contribution in [0.1, 0.15) is 30.5 Å². The predicted molar refractivity (Wildman–Crippen MR) is 122 cm³/mol. The summed E-state index contributed by atoms with van der Waals surface area (Å²) in [6.07, 6.45) is 1.46. The molecule has 0 fully saturated rings. The summed E-state index contributed by atoms with van der Waals surface area (Å²) in [7, 11) is 0. The van der Waals surface area contributed by atoms with Crippen molar-refractivity contribution < 1.29 is 13.6 Å². The van der Waals surface area contributed by atoms with Gasteiger partial charge in [0.25, 0.3) is 5.56 Å². The van der Waals surface area contributed by atoms with Crippen molar-refractivity contribution in [1.29, 1.82) is 0 Å². The lowest BCUT2D eigenvalue weighted by Gasteiger charge is -2.15. The van der Waals surface area contributed by atoms with Gasteiger partial charge in [-0.15, -0.1) is 11.3 Å². The van der Waals surface area contributed by atoms with E-state index in [4.69, 9.17) is 0 Å². The van der Waals surface area contributed by atoms with Crippen molar-refractivity contribution >= 4 is 27.5 Å². The minimum absolute atomic E-state index is 0.0181. The first-order valence-electron chi connectivity index (χ1n) is 10.1. The van der Waals surface area contributed by atoms with Gasteiger partial charge in [0.2, 0.25) is 5.91 Å². The van der Waals surface area contributed by atoms with Gasteiger partial charge in [-0.2, -0.15) is 0 Å². The normalized spacial score (nSPS) is 12.1. The van der Waals surface area contributed by atoms with Crippen LogP contribution in [-0.4, -0.2) is 15.5 Å². The fraction of sp³-hybridized carbons (Fsp3) is 0.208. The Morgan fingerprint density at radius 1 is 1.19 bits per heavy atom. The van der Waals surface area contributed by atoms with Crippen LogP contribution >= 0.6 is 11.3 Å². The van der Waals surface area contributed by atoms with E-state index in [1.807, 2.05) is 36.6 Å². The minimum Gasteiger partial charge on any atom is -0.349 e. The van der Waals surface area contributed by atoms with Crippen LogP contribution < -0.4 is 10.9 Å². The van der Waals surface area contributed by atoms with Gasteiger partial charge in [-0.3, -0.25) is 14.2 Å². The van der Waals surface area contributed by atoms with Crippen molar-refractivity contribution in [3.8, 4) is 11.1 Å². The maximum absolute atomic E-state index is 13.9. The van der Waals surface area contributed by atoms with E-state index in [9.17, 15) is 18.4 Å². The zero-order valence-electron chi connectivity index (χ0n) is 17.6. The van der Waals surface area contributed by atoms with E-state index < -0.39 is 17.7 Å². The Labute approximate surface area is 187 Å². The summed E-state index contributed by atoms with van der Waals surface area (Å²) in [6, 6.07) is 10.5. The van der Waals surface area contributed by atoms with Crippen molar-refractivity contribution in [3.05, 3.63) is 87.3 Å². The largest absolute Gasteiger partial charge is 0.349 e. The highest BCUT2D eigenvalue weighted by atomic mass is 32.1. The third-order valence-corrected chi connectivity index (χ3v) is 6.20. The molecule has 5 nitrogen and oxygen atoms in total. The number of carbonyl (C=O) groups is 1. The highest BCUT2D eigenvalue weighted by molar-refractivity contribution is 7.17. The number of rotatable bonds is 6. The number of fused-ring (bicyclic) bond motifs is 1. The molecule has 1 amide bonds. The van der Waals surface area contributed by atoms with E-state index in [2.05, 4.69) is 10.3 Å². The van der Waals surface area contributed by atoms with Crippen molar-refractivity contribution in [3.63, 3.8) is 0 Å². The van der Waals surface area contributed by atoms with Gasteiger partial charge in [0.1, 0.15) is 16.5 Å². The first-order valence-corrected chi connectivity index (χ1v) is 11.0. The van der Waals surface area contributed by atoms with E-state index in [1.54, 1.807) is 6.92 Å². The summed E-state index contributed by atoms with van der Waals surface area (Å²) in [4.78, 5) is 30.5. The summed E-state index contributed by atoms with van der Waals surface area (Å²) in [5, 5.41) is 5.13.